The number of benzene rings is 2. The van der Waals surface area contributed by atoms with Gasteiger partial charge in [0, 0.05) is 36.4 Å². The highest BCUT2D eigenvalue weighted by molar-refractivity contribution is 6.07. The average Bonchev–Trinajstić information content (AvgIpc) is 2.93. The number of nitrogens with one attached hydrogen (secondary N) is 1. The Hall–Kier alpha value is -4.21. The Bertz CT molecular complexity index is 1580. The lowest BCUT2D eigenvalue weighted by molar-refractivity contribution is -0.233. The Labute approximate surface area is 225 Å². The van der Waals surface area contributed by atoms with E-state index in [0.29, 0.717) is 29.0 Å². The number of pyridine rings is 1. The third-order valence-corrected chi connectivity index (χ3v) is 6.99. The van der Waals surface area contributed by atoms with Crippen LogP contribution in [0.15, 0.2) is 70.0 Å². The minimum Gasteiger partial charge on any atom is -0.505 e. The first-order chi connectivity index (χ1) is 18.7. The molecule has 5 rings (SSSR count). The molecular weight excluding hydrogens is 500 g/mol. The van der Waals surface area contributed by atoms with Crippen molar-refractivity contribution in [2.45, 2.75) is 51.6 Å². The van der Waals surface area contributed by atoms with Crippen LogP contribution >= 0.6 is 0 Å². The molecule has 1 aliphatic rings. The van der Waals surface area contributed by atoms with Gasteiger partial charge in [-0.15, -0.1) is 0 Å². The first-order valence-corrected chi connectivity index (χ1v) is 12.7. The van der Waals surface area contributed by atoms with E-state index < -0.39 is 23.4 Å². The predicted molar refractivity (Wildman–Crippen MR) is 146 cm³/mol. The molecule has 0 saturated carbocycles. The van der Waals surface area contributed by atoms with Crippen LogP contribution in [0.1, 0.15) is 42.6 Å². The van der Waals surface area contributed by atoms with Crippen LogP contribution in [0.25, 0.3) is 22.2 Å². The predicted octanol–water partition coefficient (Wildman–Crippen LogP) is 5.43. The van der Waals surface area contributed by atoms with Crippen molar-refractivity contribution in [2.24, 2.45) is 0 Å². The summed E-state index contributed by atoms with van der Waals surface area (Å²) >= 11 is 0. The van der Waals surface area contributed by atoms with E-state index in [2.05, 4.69) is 10.3 Å². The second kappa shape index (κ2) is 10.5. The molecule has 0 unspecified atom stereocenters. The van der Waals surface area contributed by atoms with Gasteiger partial charge in [0.25, 0.3) is 5.91 Å². The molecule has 39 heavy (non-hydrogen) atoms. The molecule has 0 radical (unpaired) electrons. The molecule has 9 nitrogen and oxygen atoms in total. The first-order valence-electron chi connectivity index (χ1n) is 12.7. The Balaban J connectivity index is 1.40. The lowest BCUT2D eigenvalue weighted by Crippen LogP contribution is -2.49. The van der Waals surface area contributed by atoms with Crippen LogP contribution in [0.2, 0.25) is 0 Å². The smallest absolute Gasteiger partial charge is 0.364 e. The fourth-order valence-corrected chi connectivity index (χ4v) is 4.88. The summed E-state index contributed by atoms with van der Waals surface area (Å²) in [6.45, 7) is 5.63. The summed E-state index contributed by atoms with van der Waals surface area (Å²) in [4.78, 5) is 30.2. The van der Waals surface area contributed by atoms with Crippen molar-refractivity contribution in [1.82, 2.24) is 4.98 Å². The number of carbonyl (C=O) groups excluding carboxylic acids is 1. The van der Waals surface area contributed by atoms with Gasteiger partial charge in [-0.25, -0.2) is 4.79 Å². The molecule has 2 aromatic carbocycles. The van der Waals surface area contributed by atoms with E-state index in [1.165, 1.54) is 0 Å². The fraction of sp³-hybridized carbons (Fsp3) is 0.300. The van der Waals surface area contributed by atoms with Crippen molar-refractivity contribution in [3.8, 4) is 22.8 Å². The molecule has 9 heteroatoms. The zero-order valence-electron chi connectivity index (χ0n) is 22.2. The summed E-state index contributed by atoms with van der Waals surface area (Å²) in [5.74, 6) is -0.495. The number of anilines is 1. The van der Waals surface area contributed by atoms with E-state index in [-0.39, 0.29) is 28.5 Å². The number of fused-ring (bicyclic) bond motifs is 1. The molecule has 1 amide bonds. The maximum absolute atomic E-state index is 13.0. The van der Waals surface area contributed by atoms with Crippen LogP contribution in [0.3, 0.4) is 0 Å². The lowest BCUT2D eigenvalue weighted by atomic mass is 9.94. The van der Waals surface area contributed by atoms with E-state index in [9.17, 15) is 14.7 Å². The normalized spacial score (nSPS) is 18.6. The average molecular weight is 531 g/mol. The maximum atomic E-state index is 13.0. The minimum absolute atomic E-state index is 0.0452. The summed E-state index contributed by atoms with van der Waals surface area (Å²) < 4.78 is 23.3. The summed E-state index contributed by atoms with van der Waals surface area (Å²) in [6.07, 6.45) is 2.50. The Morgan fingerprint density at radius 2 is 1.95 bits per heavy atom. The van der Waals surface area contributed by atoms with Gasteiger partial charge in [0.1, 0.15) is 11.3 Å². The van der Waals surface area contributed by atoms with Gasteiger partial charge in [0.05, 0.1) is 22.8 Å². The number of amides is 1. The van der Waals surface area contributed by atoms with Gasteiger partial charge >= 0.3 is 5.63 Å². The molecule has 1 saturated heterocycles. The number of hydrogen-bond acceptors (Lipinski definition) is 8. The number of aromatic nitrogens is 1. The second-order valence-corrected chi connectivity index (χ2v) is 10.00. The topological polar surface area (TPSA) is 120 Å². The summed E-state index contributed by atoms with van der Waals surface area (Å²) in [5.41, 5.74) is 0.671. The Kier molecular flexibility index (Phi) is 7.12. The molecule has 0 bridgehead atoms. The molecule has 0 spiro atoms. The SMILES string of the molecule is CO[C@@H]1CC[C@H](Oc2ccc3c(O)c(NC(=O)c4cccc(-c5ccccn5)c4)c(=O)oc3c2C)OC1(C)C. The quantitative estimate of drug-likeness (QED) is 0.317. The molecule has 0 aliphatic carbocycles. The number of carbonyl (C=O) groups is 1. The van der Waals surface area contributed by atoms with E-state index in [4.69, 9.17) is 18.6 Å². The molecule has 4 aromatic rings. The monoisotopic (exact) mass is 530 g/mol. The van der Waals surface area contributed by atoms with Crippen molar-refractivity contribution in [3.05, 3.63) is 82.3 Å². The fourth-order valence-electron chi connectivity index (χ4n) is 4.88. The molecule has 1 fully saturated rings. The zero-order valence-corrected chi connectivity index (χ0v) is 22.2. The van der Waals surface area contributed by atoms with Crippen LogP contribution in [0, 0.1) is 6.92 Å². The van der Waals surface area contributed by atoms with Gasteiger partial charge in [-0.2, -0.15) is 0 Å². The highest BCUT2D eigenvalue weighted by Crippen LogP contribution is 2.37. The van der Waals surface area contributed by atoms with Gasteiger partial charge in [0.15, 0.2) is 11.4 Å². The van der Waals surface area contributed by atoms with Crippen LogP contribution in [0.5, 0.6) is 11.5 Å². The van der Waals surface area contributed by atoms with Crippen LogP contribution < -0.4 is 15.7 Å². The summed E-state index contributed by atoms with van der Waals surface area (Å²) in [7, 11) is 1.66. The van der Waals surface area contributed by atoms with Gasteiger partial charge in [-0.3, -0.25) is 9.78 Å². The zero-order chi connectivity index (χ0) is 27.7. The van der Waals surface area contributed by atoms with Gasteiger partial charge < -0.3 is 29.1 Å². The molecule has 2 atom stereocenters. The third kappa shape index (κ3) is 5.23. The Morgan fingerprint density at radius 3 is 2.67 bits per heavy atom. The molecule has 3 heterocycles. The van der Waals surface area contributed by atoms with Crippen LogP contribution in [-0.2, 0) is 9.47 Å². The summed E-state index contributed by atoms with van der Waals surface area (Å²) in [5, 5.41) is 13.7. The van der Waals surface area contributed by atoms with E-state index in [1.54, 1.807) is 56.6 Å². The van der Waals surface area contributed by atoms with Crippen molar-refractivity contribution >= 4 is 22.6 Å². The van der Waals surface area contributed by atoms with Crippen molar-refractivity contribution in [3.63, 3.8) is 0 Å². The third-order valence-electron chi connectivity index (χ3n) is 6.99. The standard InChI is InChI=1S/C30H30N2O7/c1-17-22(37-24-14-13-23(36-4)30(2,3)39-24)12-11-20-26(33)25(29(35)38-27(17)20)32-28(34)19-9-7-8-18(16-19)21-10-5-6-15-31-21/h5-12,15-16,23-24,33H,13-14H2,1-4H3,(H,32,34)/t23-,24-/m1/s1. The summed E-state index contributed by atoms with van der Waals surface area (Å²) in [6, 6.07) is 15.6. The number of ether oxygens (including phenoxy) is 3. The van der Waals surface area contributed by atoms with Gasteiger partial charge in [0.2, 0.25) is 6.29 Å². The molecule has 202 valence electrons. The van der Waals surface area contributed by atoms with Crippen molar-refractivity contribution < 1.29 is 28.5 Å². The molecule has 1 aliphatic heterocycles. The molecule has 2 N–H and O–H groups in total. The Morgan fingerprint density at radius 1 is 1.13 bits per heavy atom. The van der Waals surface area contributed by atoms with Crippen molar-refractivity contribution in [1.29, 1.82) is 0 Å². The number of hydrogen-bond donors (Lipinski definition) is 2. The van der Waals surface area contributed by atoms with E-state index in [1.807, 2.05) is 32.0 Å². The second-order valence-electron chi connectivity index (χ2n) is 10.00. The number of methoxy groups -OCH3 is 1. The van der Waals surface area contributed by atoms with E-state index in [0.717, 1.165) is 12.0 Å². The number of rotatable bonds is 6. The van der Waals surface area contributed by atoms with Gasteiger partial charge in [-0.05, 0) is 63.6 Å². The highest BCUT2D eigenvalue weighted by atomic mass is 16.7. The number of aromatic hydroxyl groups is 1. The first kappa shape index (κ1) is 26.4. The van der Waals surface area contributed by atoms with Gasteiger partial charge in [-0.1, -0.05) is 18.2 Å². The molecule has 2 aromatic heterocycles. The largest absolute Gasteiger partial charge is 0.505 e. The highest BCUT2D eigenvalue weighted by Gasteiger charge is 2.39. The van der Waals surface area contributed by atoms with E-state index >= 15 is 0 Å². The molecular formula is C30H30N2O7. The van der Waals surface area contributed by atoms with Crippen LogP contribution in [-0.4, -0.2) is 41.1 Å². The minimum atomic E-state index is -0.882. The number of aryl methyl sites for hydroxylation is 1. The lowest BCUT2D eigenvalue weighted by Gasteiger charge is -2.41. The maximum Gasteiger partial charge on any atom is 0.364 e. The number of nitrogens with zero attached hydrogens (tertiary/aromatic N) is 1. The van der Waals surface area contributed by atoms with Crippen LogP contribution in [0.4, 0.5) is 5.69 Å². The van der Waals surface area contributed by atoms with Crippen molar-refractivity contribution in [2.75, 3.05) is 12.4 Å².